The van der Waals surface area contributed by atoms with Gasteiger partial charge in [-0.1, -0.05) is 0 Å². The van der Waals surface area contributed by atoms with E-state index in [0.717, 1.165) is 10.7 Å². The van der Waals surface area contributed by atoms with Crippen molar-refractivity contribution in [3.8, 4) is 0 Å². The van der Waals surface area contributed by atoms with Crippen molar-refractivity contribution in [1.82, 2.24) is 0 Å². The summed E-state index contributed by atoms with van der Waals surface area (Å²) in [5, 5.41) is 0. The second-order valence-corrected chi connectivity index (χ2v) is 15.9. The van der Waals surface area contributed by atoms with Crippen molar-refractivity contribution < 1.29 is 7.87 Å². The van der Waals surface area contributed by atoms with Crippen molar-refractivity contribution in [1.29, 1.82) is 0 Å². The molecule has 0 unspecified atom stereocenters. The van der Waals surface area contributed by atoms with E-state index in [1.807, 2.05) is 36.4 Å². The van der Waals surface area contributed by atoms with Crippen LogP contribution in [-0.4, -0.2) is 24.8 Å². The van der Waals surface area contributed by atoms with Crippen molar-refractivity contribution in [2.75, 3.05) is 0 Å². The monoisotopic (exact) mass is 450 g/mol. The molecule has 0 radical (unpaired) electrons. The van der Waals surface area contributed by atoms with E-state index in [1.165, 1.54) is 5.56 Å². The first-order valence-corrected chi connectivity index (χ1v) is 14.1. The van der Waals surface area contributed by atoms with Crippen molar-refractivity contribution in [2.45, 2.75) is 13.8 Å². The van der Waals surface area contributed by atoms with Crippen molar-refractivity contribution in [3.05, 3.63) is 103 Å². The molecule has 0 saturated heterocycles. The van der Waals surface area contributed by atoms with Crippen molar-refractivity contribution >= 4 is 35.5 Å². The summed E-state index contributed by atoms with van der Waals surface area (Å²) >= 11 is -3.98. The van der Waals surface area contributed by atoms with Gasteiger partial charge in [0.15, 0.2) is 0 Å². The standard InChI is InChI=1S/C7H7.2C6H5.C4H6O2.Sn/c1-7-5-3-2-4-6-7;2*1-2-4-6-5-3-1;1-3(2)4(5)6;/h3-6H,1H3;2*1-5H;1H2,2H3,(H,5,6);/q;;;;+1/p-1. The number of hydrogen-bond acceptors (Lipinski definition) is 2. The maximum atomic E-state index is 12.7. The zero-order valence-electron chi connectivity index (χ0n) is 15.1. The molecule has 0 N–H and O–H groups in total. The number of carbonyl (C=O) groups excluding carboxylic acids is 1. The van der Waals surface area contributed by atoms with Gasteiger partial charge in [0.1, 0.15) is 0 Å². The first-order valence-electron chi connectivity index (χ1n) is 8.61. The number of carbonyl (C=O) groups is 1. The molecule has 130 valence electrons. The number of aryl methyl sites for hydroxylation is 1. The van der Waals surface area contributed by atoms with Crippen molar-refractivity contribution in [3.63, 3.8) is 0 Å². The molecular formula is C23H22O2Sn. The molecule has 0 amide bonds. The summed E-state index contributed by atoms with van der Waals surface area (Å²) in [6.07, 6.45) is 0. The predicted molar refractivity (Wildman–Crippen MR) is 110 cm³/mol. The van der Waals surface area contributed by atoms with Gasteiger partial charge in [-0.3, -0.25) is 0 Å². The van der Waals surface area contributed by atoms with Crippen LogP contribution in [0.2, 0.25) is 0 Å². The van der Waals surface area contributed by atoms with Gasteiger partial charge in [0, 0.05) is 0 Å². The van der Waals surface area contributed by atoms with E-state index in [9.17, 15) is 4.79 Å². The van der Waals surface area contributed by atoms with Crippen LogP contribution in [0.4, 0.5) is 0 Å². The summed E-state index contributed by atoms with van der Waals surface area (Å²) in [6, 6.07) is 28.7. The van der Waals surface area contributed by atoms with E-state index in [-0.39, 0.29) is 5.97 Å². The Morgan fingerprint density at radius 2 is 1.19 bits per heavy atom. The van der Waals surface area contributed by atoms with Gasteiger partial charge in [-0.25, -0.2) is 0 Å². The topological polar surface area (TPSA) is 26.3 Å². The van der Waals surface area contributed by atoms with Crippen LogP contribution >= 0.6 is 0 Å². The minimum atomic E-state index is -3.98. The Hall–Kier alpha value is -2.33. The van der Waals surface area contributed by atoms with Crippen LogP contribution in [0.5, 0.6) is 0 Å². The summed E-state index contributed by atoms with van der Waals surface area (Å²) in [4.78, 5) is 12.7. The Balaban J connectivity index is 2.32. The summed E-state index contributed by atoms with van der Waals surface area (Å²) in [5.41, 5.74) is 1.60. The molecular weight excluding hydrogens is 427 g/mol. The van der Waals surface area contributed by atoms with E-state index in [1.54, 1.807) is 6.92 Å². The Morgan fingerprint density at radius 1 is 0.769 bits per heavy atom. The van der Waals surface area contributed by atoms with Gasteiger partial charge >= 0.3 is 160 Å². The molecule has 0 aliphatic carbocycles. The van der Waals surface area contributed by atoms with E-state index in [4.69, 9.17) is 3.07 Å². The van der Waals surface area contributed by atoms with Crippen molar-refractivity contribution in [2.24, 2.45) is 0 Å². The average molecular weight is 449 g/mol. The fourth-order valence-electron chi connectivity index (χ4n) is 3.04. The third-order valence-corrected chi connectivity index (χ3v) is 15.6. The molecule has 0 aliphatic heterocycles. The molecule has 0 saturated carbocycles. The first-order chi connectivity index (χ1) is 12.5. The van der Waals surface area contributed by atoms with Gasteiger partial charge in [0.05, 0.1) is 0 Å². The fourth-order valence-corrected chi connectivity index (χ4v) is 13.8. The van der Waals surface area contributed by atoms with Crippen LogP contribution in [0.1, 0.15) is 12.5 Å². The van der Waals surface area contributed by atoms with Crippen LogP contribution in [0.15, 0.2) is 97.1 Å². The van der Waals surface area contributed by atoms with Crippen LogP contribution in [-0.2, 0) is 7.87 Å². The van der Waals surface area contributed by atoms with Gasteiger partial charge in [0.25, 0.3) is 0 Å². The Bertz CT molecular complexity index is 860. The molecule has 0 atom stereocenters. The quantitative estimate of drug-likeness (QED) is 0.443. The Labute approximate surface area is 159 Å². The van der Waals surface area contributed by atoms with Crippen LogP contribution in [0.3, 0.4) is 0 Å². The fraction of sp³-hybridized carbons (Fsp3) is 0.0870. The first kappa shape index (κ1) is 18.5. The molecule has 0 aromatic heterocycles. The zero-order chi connectivity index (χ0) is 18.6. The molecule has 0 heterocycles. The Kier molecular flexibility index (Phi) is 5.62. The molecule has 3 heteroatoms. The van der Waals surface area contributed by atoms with E-state index in [2.05, 4.69) is 62.0 Å². The van der Waals surface area contributed by atoms with Gasteiger partial charge in [-0.15, -0.1) is 0 Å². The maximum absolute atomic E-state index is 12.7. The molecule has 26 heavy (non-hydrogen) atoms. The van der Waals surface area contributed by atoms with Crippen LogP contribution in [0.25, 0.3) is 0 Å². The average Bonchev–Trinajstić information content (AvgIpc) is 2.68. The van der Waals surface area contributed by atoms with E-state index >= 15 is 0 Å². The van der Waals surface area contributed by atoms with Gasteiger partial charge in [0.2, 0.25) is 0 Å². The number of hydrogen-bond donors (Lipinski definition) is 0. The van der Waals surface area contributed by atoms with Crippen LogP contribution < -0.4 is 10.7 Å². The minimum absolute atomic E-state index is 0.325. The molecule has 3 aromatic rings. The summed E-state index contributed by atoms with van der Waals surface area (Å²) in [5.74, 6) is -0.325. The molecule has 2 nitrogen and oxygen atoms in total. The predicted octanol–water partition coefficient (Wildman–Crippen LogP) is 3.08. The molecule has 0 aliphatic rings. The summed E-state index contributed by atoms with van der Waals surface area (Å²) in [7, 11) is 0. The summed E-state index contributed by atoms with van der Waals surface area (Å²) < 4.78 is 9.68. The SMILES string of the molecule is C=C(C)C(=O)[O][Sn]([c]1ccccc1)([c]1ccccc1)[c]1ccc(C)cc1. The van der Waals surface area contributed by atoms with E-state index < -0.39 is 18.8 Å². The van der Waals surface area contributed by atoms with Gasteiger partial charge in [-0.2, -0.15) is 0 Å². The molecule has 0 fully saturated rings. The second kappa shape index (κ2) is 7.92. The molecule has 0 bridgehead atoms. The number of benzene rings is 3. The Morgan fingerprint density at radius 3 is 1.62 bits per heavy atom. The van der Waals surface area contributed by atoms with Crippen LogP contribution in [0, 0.1) is 6.92 Å². The molecule has 3 rings (SSSR count). The third kappa shape index (κ3) is 3.61. The number of rotatable bonds is 5. The second-order valence-electron chi connectivity index (χ2n) is 6.45. The van der Waals surface area contributed by atoms with Gasteiger partial charge in [-0.05, 0) is 0 Å². The zero-order valence-corrected chi connectivity index (χ0v) is 18.0. The molecule has 3 aromatic carbocycles. The summed E-state index contributed by atoms with van der Waals surface area (Å²) in [6.45, 7) is 7.55. The molecule has 0 spiro atoms. The van der Waals surface area contributed by atoms with Gasteiger partial charge < -0.3 is 0 Å². The normalized spacial score (nSPS) is 11.0. The third-order valence-electron chi connectivity index (χ3n) is 4.41. The van der Waals surface area contributed by atoms with E-state index in [0.29, 0.717) is 5.57 Å².